The van der Waals surface area contributed by atoms with E-state index in [0.717, 1.165) is 0 Å². The van der Waals surface area contributed by atoms with Crippen molar-refractivity contribution in [3.05, 3.63) is 60.6 Å². The van der Waals surface area contributed by atoms with Crippen LogP contribution in [-0.2, 0) is 9.59 Å². The second-order valence-corrected chi connectivity index (χ2v) is 9.66. The first kappa shape index (κ1) is 26.7. The van der Waals surface area contributed by atoms with Gasteiger partial charge in [-0.15, -0.1) is 0 Å². The number of nitrogens with zero attached hydrogens (tertiary/aromatic N) is 3. The van der Waals surface area contributed by atoms with Crippen LogP contribution in [0.2, 0.25) is 0 Å². The quantitative estimate of drug-likeness (QED) is 0.403. The number of piperazine rings is 1. The number of aromatic hydroxyl groups is 1. The van der Waals surface area contributed by atoms with E-state index in [9.17, 15) is 19.5 Å². The van der Waals surface area contributed by atoms with Crippen LogP contribution in [0.25, 0.3) is 11.3 Å². The van der Waals surface area contributed by atoms with E-state index < -0.39 is 17.4 Å². The first-order valence-corrected chi connectivity index (χ1v) is 12.2. The second kappa shape index (κ2) is 11.3. The number of hydrogen-bond donors (Lipinski definition) is 3. The maximum atomic E-state index is 12.7. The van der Waals surface area contributed by atoms with Gasteiger partial charge in [0.25, 0.3) is 5.91 Å². The van der Waals surface area contributed by atoms with Crippen LogP contribution in [-0.4, -0.2) is 83.0 Å². The number of carbonyl (C=O) groups excluding carboxylic acids is 3. The number of phenols is 1. The van der Waals surface area contributed by atoms with Crippen LogP contribution in [0, 0.1) is 0 Å². The number of anilines is 1. The van der Waals surface area contributed by atoms with Crippen molar-refractivity contribution in [1.29, 1.82) is 0 Å². The molecule has 0 bridgehead atoms. The van der Waals surface area contributed by atoms with Crippen LogP contribution in [0.4, 0.5) is 5.69 Å². The van der Waals surface area contributed by atoms with Gasteiger partial charge in [-0.2, -0.15) is 0 Å². The summed E-state index contributed by atoms with van der Waals surface area (Å²) < 4.78 is 10.7. The molecule has 1 aliphatic rings. The van der Waals surface area contributed by atoms with Gasteiger partial charge in [0, 0.05) is 50.0 Å². The minimum Gasteiger partial charge on any atom is -0.507 e. The van der Waals surface area contributed by atoms with Crippen LogP contribution < -0.4 is 15.4 Å². The lowest BCUT2D eigenvalue weighted by Gasteiger charge is -2.39. The number of aromatic nitrogens is 1. The van der Waals surface area contributed by atoms with Crippen LogP contribution in [0.5, 0.6) is 11.5 Å². The summed E-state index contributed by atoms with van der Waals surface area (Å²) in [5.41, 5.74) is 0.639. The molecule has 11 heteroatoms. The van der Waals surface area contributed by atoms with Gasteiger partial charge in [-0.1, -0.05) is 12.1 Å². The average Bonchev–Trinajstić information content (AvgIpc) is 3.43. The third kappa shape index (κ3) is 6.30. The third-order valence-corrected chi connectivity index (χ3v) is 6.23. The highest BCUT2D eigenvalue weighted by molar-refractivity contribution is 6.39. The summed E-state index contributed by atoms with van der Waals surface area (Å²) in [6.45, 7) is 6.35. The average molecular weight is 522 g/mol. The van der Waals surface area contributed by atoms with Crippen molar-refractivity contribution in [3.63, 3.8) is 0 Å². The maximum Gasteiger partial charge on any atom is 0.313 e. The van der Waals surface area contributed by atoms with E-state index in [1.165, 1.54) is 19.6 Å². The van der Waals surface area contributed by atoms with E-state index in [-0.39, 0.29) is 17.2 Å². The van der Waals surface area contributed by atoms with Gasteiger partial charge >= 0.3 is 11.8 Å². The molecule has 11 nitrogen and oxygen atoms in total. The summed E-state index contributed by atoms with van der Waals surface area (Å²) in [6.07, 6.45) is 2.86. The normalized spacial score (nSPS) is 14.1. The number of benzene rings is 2. The van der Waals surface area contributed by atoms with Crippen LogP contribution in [0.3, 0.4) is 0 Å². The van der Waals surface area contributed by atoms with E-state index >= 15 is 0 Å². The summed E-state index contributed by atoms with van der Waals surface area (Å²) in [6, 6.07) is 11.4. The molecule has 200 valence electrons. The lowest BCUT2D eigenvalue weighted by atomic mass is 10.0. The predicted molar refractivity (Wildman–Crippen MR) is 140 cm³/mol. The summed E-state index contributed by atoms with van der Waals surface area (Å²) in [5.74, 6) is -0.834. The third-order valence-electron chi connectivity index (χ3n) is 6.23. The Hall–Kier alpha value is -4.38. The van der Waals surface area contributed by atoms with E-state index in [2.05, 4.69) is 20.5 Å². The molecule has 4 rings (SSSR count). The molecule has 1 saturated heterocycles. The van der Waals surface area contributed by atoms with Gasteiger partial charge in [0.2, 0.25) is 0 Å². The number of hydrogen-bond acceptors (Lipinski definition) is 8. The molecule has 0 aliphatic carbocycles. The first-order valence-electron chi connectivity index (χ1n) is 12.2. The minimum absolute atomic E-state index is 0.0359. The summed E-state index contributed by atoms with van der Waals surface area (Å²) in [7, 11) is 1.50. The Kier molecular flexibility index (Phi) is 7.96. The van der Waals surface area contributed by atoms with Crippen molar-refractivity contribution < 1.29 is 28.6 Å². The van der Waals surface area contributed by atoms with Crippen molar-refractivity contribution in [2.75, 3.05) is 45.2 Å². The molecule has 0 radical (unpaired) electrons. The fourth-order valence-electron chi connectivity index (χ4n) is 4.41. The molecule has 3 aromatic rings. The van der Waals surface area contributed by atoms with Gasteiger partial charge in [0.05, 0.1) is 24.4 Å². The smallest absolute Gasteiger partial charge is 0.313 e. The van der Waals surface area contributed by atoms with Gasteiger partial charge < -0.3 is 29.8 Å². The molecule has 3 N–H and O–H groups in total. The lowest BCUT2D eigenvalue weighted by molar-refractivity contribution is -0.137. The number of phenolic OH excluding ortho intramolecular Hbond substituents is 1. The highest BCUT2D eigenvalue weighted by Gasteiger charge is 2.30. The molecule has 38 heavy (non-hydrogen) atoms. The molecule has 2 heterocycles. The monoisotopic (exact) mass is 521 g/mol. The number of para-hydroxylation sites is 1. The number of carbonyl (C=O) groups is 3. The number of ether oxygens (including phenoxy) is 1. The second-order valence-electron chi connectivity index (χ2n) is 9.66. The Morgan fingerprint density at radius 2 is 1.82 bits per heavy atom. The lowest BCUT2D eigenvalue weighted by Crippen LogP contribution is -2.57. The molecule has 0 unspecified atom stereocenters. The van der Waals surface area contributed by atoms with E-state index in [0.29, 0.717) is 55.5 Å². The van der Waals surface area contributed by atoms with Gasteiger partial charge in [-0.25, -0.2) is 4.98 Å². The van der Waals surface area contributed by atoms with Crippen molar-refractivity contribution in [3.8, 4) is 22.8 Å². The molecule has 0 spiro atoms. The molecular formula is C27H31N5O6. The summed E-state index contributed by atoms with van der Waals surface area (Å²) in [5, 5.41) is 15.4. The van der Waals surface area contributed by atoms with Crippen molar-refractivity contribution in [2.45, 2.75) is 19.4 Å². The largest absolute Gasteiger partial charge is 0.507 e. The van der Waals surface area contributed by atoms with Crippen molar-refractivity contribution in [1.82, 2.24) is 20.1 Å². The SMILES string of the molecule is COc1cc(NC(=O)C(=O)NC(C)(C)CN2CCN(C(=O)c3ccccc3O)CC2)ccc1-c1cnco1. The number of methoxy groups -OCH3 is 1. The van der Waals surface area contributed by atoms with Crippen LogP contribution in [0.1, 0.15) is 24.2 Å². The van der Waals surface area contributed by atoms with Gasteiger partial charge in [0.1, 0.15) is 11.5 Å². The summed E-state index contributed by atoms with van der Waals surface area (Å²) >= 11 is 0. The van der Waals surface area contributed by atoms with Gasteiger partial charge in [-0.05, 0) is 38.1 Å². The van der Waals surface area contributed by atoms with E-state index in [4.69, 9.17) is 9.15 Å². The highest BCUT2D eigenvalue weighted by Crippen LogP contribution is 2.32. The van der Waals surface area contributed by atoms with E-state index in [1.54, 1.807) is 47.5 Å². The Bertz CT molecular complexity index is 1300. The molecule has 0 saturated carbocycles. The predicted octanol–water partition coefficient (Wildman–Crippen LogP) is 2.35. The molecule has 0 atom stereocenters. The molecule has 1 aromatic heterocycles. The van der Waals surface area contributed by atoms with Crippen LogP contribution >= 0.6 is 0 Å². The Morgan fingerprint density at radius 1 is 1.08 bits per heavy atom. The zero-order valence-corrected chi connectivity index (χ0v) is 21.6. The van der Waals surface area contributed by atoms with Gasteiger partial charge in [0.15, 0.2) is 12.2 Å². The Morgan fingerprint density at radius 3 is 2.47 bits per heavy atom. The topological polar surface area (TPSA) is 137 Å². The number of amides is 3. The maximum absolute atomic E-state index is 12.7. The molecule has 2 aromatic carbocycles. The first-order chi connectivity index (χ1) is 18.2. The molecular weight excluding hydrogens is 490 g/mol. The number of nitrogens with one attached hydrogen (secondary N) is 2. The summed E-state index contributed by atoms with van der Waals surface area (Å²) in [4.78, 5) is 45.7. The molecule has 1 aliphatic heterocycles. The fraction of sp³-hybridized carbons (Fsp3) is 0.333. The molecule has 1 fully saturated rings. The van der Waals surface area contributed by atoms with Crippen molar-refractivity contribution >= 4 is 23.4 Å². The van der Waals surface area contributed by atoms with Crippen molar-refractivity contribution in [2.24, 2.45) is 0 Å². The Labute approximate surface area is 220 Å². The molecule has 3 amide bonds. The fourth-order valence-corrected chi connectivity index (χ4v) is 4.41. The highest BCUT2D eigenvalue weighted by atomic mass is 16.5. The zero-order valence-electron chi connectivity index (χ0n) is 21.6. The minimum atomic E-state index is -0.800. The van der Waals surface area contributed by atoms with Crippen LogP contribution in [0.15, 0.2) is 59.5 Å². The number of oxazole rings is 1. The Balaban J connectivity index is 1.29. The standard InChI is InChI=1S/C27H31N5O6/c1-27(2,16-31-10-12-32(13-11-31)26(36)19-6-4-5-7-21(19)33)30-25(35)24(34)29-18-8-9-20(22(14-18)37-3)23-15-28-17-38-23/h4-9,14-15,17,33H,10-13,16H2,1-3H3,(H,29,34)(H,30,35). The van der Waals surface area contributed by atoms with E-state index in [1.807, 2.05) is 13.8 Å². The zero-order chi connectivity index (χ0) is 27.3. The van der Waals surface area contributed by atoms with Gasteiger partial charge in [-0.3, -0.25) is 19.3 Å². The number of rotatable bonds is 7.